The van der Waals surface area contributed by atoms with Crippen molar-refractivity contribution in [1.82, 2.24) is 4.72 Å². The van der Waals surface area contributed by atoms with Crippen molar-refractivity contribution in [1.29, 1.82) is 0 Å². The Kier molecular flexibility index (Phi) is 2.24. The third kappa shape index (κ3) is 2.61. The van der Waals surface area contributed by atoms with E-state index in [9.17, 15) is 8.42 Å². The highest BCUT2D eigenvalue weighted by Gasteiger charge is 2.19. The first-order valence-corrected chi connectivity index (χ1v) is 4.32. The van der Waals surface area contributed by atoms with Crippen molar-refractivity contribution in [3.05, 3.63) is 0 Å². The van der Waals surface area contributed by atoms with Crippen LogP contribution in [0.2, 0.25) is 0 Å². The maximum Gasteiger partial charge on any atom is 0.333 e. The van der Waals surface area contributed by atoms with Crippen LogP contribution in [0.1, 0.15) is 0 Å². The molecule has 0 unspecified atom stereocenters. The summed E-state index contributed by atoms with van der Waals surface area (Å²) in [6.07, 6.45) is 0. The molecular weight excluding hydrogens is 158 g/mol. The molecule has 60 valence electrons. The van der Waals surface area contributed by atoms with Crippen LogP contribution in [0.3, 0.4) is 0 Å². The lowest BCUT2D eigenvalue weighted by atomic mass is 10.1. The summed E-state index contributed by atoms with van der Waals surface area (Å²) in [5, 5.41) is 0. The van der Waals surface area contributed by atoms with Gasteiger partial charge in [-0.3, -0.25) is 4.55 Å². The fourth-order valence-corrected chi connectivity index (χ4v) is 1.07. The Balaban J connectivity index is 2.16. The lowest BCUT2D eigenvalue weighted by Crippen LogP contribution is -2.38. The van der Waals surface area contributed by atoms with Crippen molar-refractivity contribution in [2.75, 3.05) is 19.8 Å². The van der Waals surface area contributed by atoms with Crippen LogP contribution < -0.4 is 4.72 Å². The van der Waals surface area contributed by atoms with Crippen molar-refractivity contribution >= 4 is 10.3 Å². The van der Waals surface area contributed by atoms with Crippen LogP contribution in [-0.4, -0.2) is 32.7 Å². The number of nitrogens with one attached hydrogen (secondary N) is 1. The molecule has 0 aromatic heterocycles. The van der Waals surface area contributed by atoms with Gasteiger partial charge in [0.1, 0.15) is 0 Å². The van der Waals surface area contributed by atoms with Crippen molar-refractivity contribution in [2.45, 2.75) is 0 Å². The molecular formula is C4H9NO4S. The van der Waals surface area contributed by atoms with Gasteiger partial charge < -0.3 is 4.74 Å². The molecule has 0 aromatic rings. The second-order valence-electron chi connectivity index (χ2n) is 2.23. The summed E-state index contributed by atoms with van der Waals surface area (Å²) < 4.78 is 35.1. The van der Waals surface area contributed by atoms with Crippen molar-refractivity contribution in [3.8, 4) is 0 Å². The number of hydrogen-bond donors (Lipinski definition) is 2. The van der Waals surface area contributed by atoms with Gasteiger partial charge in [-0.15, -0.1) is 0 Å². The molecule has 1 heterocycles. The first kappa shape index (κ1) is 7.93. The van der Waals surface area contributed by atoms with Crippen LogP contribution in [0, 0.1) is 5.92 Å². The first-order chi connectivity index (χ1) is 4.58. The minimum Gasteiger partial charge on any atom is -0.381 e. The average Bonchev–Trinajstić information content (AvgIpc) is 1.56. The Labute approximate surface area is 59.3 Å². The molecule has 1 saturated heterocycles. The van der Waals surface area contributed by atoms with Gasteiger partial charge >= 0.3 is 10.3 Å². The van der Waals surface area contributed by atoms with E-state index in [2.05, 4.69) is 0 Å². The summed E-state index contributed by atoms with van der Waals surface area (Å²) in [5.41, 5.74) is 0. The predicted octanol–water partition coefficient (Wildman–Crippen LogP) is -0.975. The van der Waals surface area contributed by atoms with Crippen LogP contribution in [0.15, 0.2) is 0 Å². The Bertz CT molecular complexity index is 195. The Morgan fingerprint density at radius 3 is 2.50 bits per heavy atom. The lowest BCUT2D eigenvalue weighted by Gasteiger charge is -2.25. The molecule has 0 aliphatic carbocycles. The second-order valence-corrected chi connectivity index (χ2v) is 3.47. The minimum atomic E-state index is -4.00. The molecule has 2 N–H and O–H groups in total. The van der Waals surface area contributed by atoms with E-state index in [0.29, 0.717) is 13.2 Å². The van der Waals surface area contributed by atoms with Gasteiger partial charge in [0.2, 0.25) is 0 Å². The highest BCUT2D eigenvalue weighted by atomic mass is 32.2. The van der Waals surface area contributed by atoms with E-state index in [-0.39, 0.29) is 12.5 Å². The molecule has 5 nitrogen and oxygen atoms in total. The Hall–Kier alpha value is -0.170. The summed E-state index contributed by atoms with van der Waals surface area (Å²) in [5.74, 6) is 0.224. The van der Waals surface area contributed by atoms with Crippen LogP contribution >= 0.6 is 0 Å². The molecule has 0 bridgehead atoms. The summed E-state index contributed by atoms with van der Waals surface area (Å²) in [6.45, 7) is 1.41. The number of hydrogen-bond acceptors (Lipinski definition) is 3. The molecule has 0 amide bonds. The SMILES string of the molecule is O=S(=O)(O)NCC1COC1. The van der Waals surface area contributed by atoms with Gasteiger partial charge in [-0.25, -0.2) is 0 Å². The van der Waals surface area contributed by atoms with E-state index in [1.807, 2.05) is 4.72 Å². The van der Waals surface area contributed by atoms with Gasteiger partial charge in [-0.05, 0) is 0 Å². The van der Waals surface area contributed by atoms with Gasteiger partial charge in [-0.2, -0.15) is 13.1 Å². The highest BCUT2D eigenvalue weighted by Crippen LogP contribution is 2.07. The fraction of sp³-hybridized carbons (Fsp3) is 1.00. The normalized spacial score (nSPS) is 20.5. The van der Waals surface area contributed by atoms with Crippen molar-refractivity contribution in [3.63, 3.8) is 0 Å². The van der Waals surface area contributed by atoms with E-state index in [1.54, 1.807) is 0 Å². The Morgan fingerprint density at radius 1 is 1.60 bits per heavy atom. The molecule has 0 saturated carbocycles. The predicted molar refractivity (Wildman–Crippen MR) is 33.9 cm³/mol. The van der Waals surface area contributed by atoms with Gasteiger partial charge in [0.25, 0.3) is 0 Å². The standard InChI is InChI=1S/C4H9NO4S/c6-10(7,8)5-1-4-2-9-3-4/h4-5H,1-3H2,(H,6,7,8). The third-order valence-corrected chi connectivity index (χ3v) is 1.79. The molecule has 1 aliphatic rings. The van der Waals surface area contributed by atoms with E-state index in [4.69, 9.17) is 9.29 Å². The molecule has 10 heavy (non-hydrogen) atoms. The number of rotatable bonds is 3. The summed E-state index contributed by atoms with van der Waals surface area (Å²) >= 11 is 0. The Morgan fingerprint density at radius 2 is 2.20 bits per heavy atom. The van der Waals surface area contributed by atoms with E-state index in [0.717, 1.165) is 0 Å². The zero-order chi connectivity index (χ0) is 7.61. The zero-order valence-electron chi connectivity index (χ0n) is 5.28. The molecule has 0 radical (unpaired) electrons. The van der Waals surface area contributed by atoms with Crippen LogP contribution in [0.5, 0.6) is 0 Å². The number of ether oxygens (including phenoxy) is 1. The molecule has 6 heteroatoms. The van der Waals surface area contributed by atoms with Gasteiger partial charge in [0.15, 0.2) is 0 Å². The topological polar surface area (TPSA) is 75.6 Å². The fourth-order valence-electron chi connectivity index (χ4n) is 0.626. The molecule has 1 aliphatic heterocycles. The van der Waals surface area contributed by atoms with E-state index < -0.39 is 10.3 Å². The molecule has 1 rings (SSSR count). The van der Waals surface area contributed by atoms with Crippen molar-refractivity contribution < 1.29 is 17.7 Å². The van der Waals surface area contributed by atoms with E-state index in [1.165, 1.54) is 0 Å². The van der Waals surface area contributed by atoms with Crippen LogP contribution in [0.4, 0.5) is 0 Å². The smallest absolute Gasteiger partial charge is 0.333 e. The van der Waals surface area contributed by atoms with Crippen LogP contribution in [-0.2, 0) is 15.0 Å². The summed E-state index contributed by atoms with van der Waals surface area (Å²) in [7, 11) is -4.00. The highest BCUT2D eigenvalue weighted by molar-refractivity contribution is 7.83. The maximum absolute atomic E-state index is 10.1. The third-order valence-electron chi connectivity index (χ3n) is 1.26. The molecule has 0 aromatic carbocycles. The molecule has 0 atom stereocenters. The zero-order valence-corrected chi connectivity index (χ0v) is 6.10. The summed E-state index contributed by atoms with van der Waals surface area (Å²) in [6, 6.07) is 0. The van der Waals surface area contributed by atoms with E-state index >= 15 is 0 Å². The second kappa shape index (κ2) is 2.83. The largest absolute Gasteiger partial charge is 0.381 e. The summed E-state index contributed by atoms with van der Waals surface area (Å²) in [4.78, 5) is 0. The van der Waals surface area contributed by atoms with Gasteiger partial charge in [0, 0.05) is 12.5 Å². The molecule has 0 spiro atoms. The monoisotopic (exact) mass is 167 g/mol. The van der Waals surface area contributed by atoms with Crippen LogP contribution in [0.25, 0.3) is 0 Å². The molecule has 1 fully saturated rings. The maximum atomic E-state index is 10.1. The first-order valence-electron chi connectivity index (χ1n) is 2.88. The quantitative estimate of drug-likeness (QED) is 0.530. The lowest BCUT2D eigenvalue weighted by molar-refractivity contribution is -0.0285. The average molecular weight is 167 g/mol. The van der Waals surface area contributed by atoms with Crippen molar-refractivity contribution in [2.24, 2.45) is 5.92 Å². The van der Waals surface area contributed by atoms with Gasteiger partial charge in [0.05, 0.1) is 13.2 Å². The van der Waals surface area contributed by atoms with Gasteiger partial charge in [-0.1, -0.05) is 0 Å². The minimum absolute atomic E-state index is 0.224.